The number of carbonyl (C=O) groups excluding carboxylic acids is 1. The van der Waals surface area contributed by atoms with Crippen LogP contribution in [0.5, 0.6) is 5.75 Å². The number of carbonyl (C=O) groups is 1. The number of nitrogens with zero attached hydrogens (tertiary/aromatic N) is 1. The van der Waals surface area contributed by atoms with Crippen LogP contribution < -0.4 is 5.56 Å². The molecule has 0 aliphatic rings. The minimum atomic E-state index is -0.419. The highest BCUT2D eigenvalue weighted by atomic mass is 16.3. The van der Waals surface area contributed by atoms with Gasteiger partial charge in [0, 0.05) is 18.3 Å². The van der Waals surface area contributed by atoms with Gasteiger partial charge in [-0.05, 0) is 20.8 Å². The van der Waals surface area contributed by atoms with Gasteiger partial charge >= 0.3 is 0 Å². The molecule has 1 aromatic heterocycles. The summed E-state index contributed by atoms with van der Waals surface area (Å²) in [5.74, 6) is -0.639. The Labute approximate surface area is 81.8 Å². The van der Waals surface area contributed by atoms with E-state index in [1.807, 2.05) is 6.92 Å². The molecule has 0 amide bonds. The third-order valence-corrected chi connectivity index (χ3v) is 2.15. The van der Waals surface area contributed by atoms with Crippen molar-refractivity contribution in [3.05, 3.63) is 27.7 Å². The highest BCUT2D eigenvalue weighted by Gasteiger charge is 2.14. The fourth-order valence-corrected chi connectivity index (χ4v) is 1.48. The molecular formula is C10H13NO3. The molecule has 0 saturated heterocycles. The number of aryl methyl sites for hydroxylation is 1. The average molecular weight is 195 g/mol. The summed E-state index contributed by atoms with van der Waals surface area (Å²) in [5.41, 5.74) is 0.106. The first-order chi connectivity index (χ1) is 6.49. The van der Waals surface area contributed by atoms with Gasteiger partial charge in [0.1, 0.15) is 11.3 Å². The minimum absolute atomic E-state index is 0.127. The predicted octanol–water partition coefficient (Wildman–Crippen LogP) is 1.08. The lowest BCUT2D eigenvalue weighted by atomic mass is 10.1. The first-order valence-corrected chi connectivity index (χ1v) is 4.43. The molecule has 0 aliphatic carbocycles. The van der Waals surface area contributed by atoms with Crippen molar-refractivity contribution >= 4 is 5.78 Å². The molecule has 4 heteroatoms. The number of pyridine rings is 1. The van der Waals surface area contributed by atoms with Crippen LogP contribution in [0.4, 0.5) is 0 Å². The molecule has 76 valence electrons. The van der Waals surface area contributed by atoms with Crippen LogP contribution in [-0.4, -0.2) is 15.5 Å². The van der Waals surface area contributed by atoms with Crippen LogP contribution in [0.3, 0.4) is 0 Å². The van der Waals surface area contributed by atoms with E-state index in [0.717, 1.165) is 0 Å². The Hall–Kier alpha value is -1.58. The fourth-order valence-electron chi connectivity index (χ4n) is 1.48. The molecule has 0 spiro atoms. The third-order valence-electron chi connectivity index (χ3n) is 2.15. The summed E-state index contributed by atoms with van der Waals surface area (Å²) >= 11 is 0. The van der Waals surface area contributed by atoms with Crippen LogP contribution in [-0.2, 0) is 6.54 Å². The second-order valence-electron chi connectivity index (χ2n) is 3.15. The number of hydrogen-bond donors (Lipinski definition) is 1. The van der Waals surface area contributed by atoms with Crippen LogP contribution >= 0.6 is 0 Å². The highest BCUT2D eigenvalue weighted by molar-refractivity contribution is 5.96. The van der Waals surface area contributed by atoms with E-state index in [4.69, 9.17) is 0 Å². The Morgan fingerprint density at radius 3 is 2.57 bits per heavy atom. The van der Waals surface area contributed by atoms with E-state index in [0.29, 0.717) is 12.2 Å². The van der Waals surface area contributed by atoms with Gasteiger partial charge in [-0.3, -0.25) is 9.59 Å². The van der Waals surface area contributed by atoms with Crippen LogP contribution in [0.1, 0.15) is 29.9 Å². The van der Waals surface area contributed by atoms with E-state index in [1.54, 1.807) is 6.92 Å². The molecule has 0 atom stereocenters. The van der Waals surface area contributed by atoms with Gasteiger partial charge < -0.3 is 9.67 Å². The molecule has 0 radical (unpaired) electrons. The lowest BCUT2D eigenvalue weighted by molar-refractivity contribution is 0.101. The lowest BCUT2D eigenvalue weighted by Gasteiger charge is -2.09. The Morgan fingerprint density at radius 1 is 1.57 bits per heavy atom. The van der Waals surface area contributed by atoms with E-state index in [1.165, 1.54) is 17.6 Å². The normalized spacial score (nSPS) is 10.2. The first-order valence-electron chi connectivity index (χ1n) is 4.43. The zero-order valence-electron chi connectivity index (χ0n) is 8.50. The minimum Gasteiger partial charge on any atom is -0.507 e. The van der Waals surface area contributed by atoms with E-state index in [9.17, 15) is 14.7 Å². The molecule has 1 aromatic rings. The van der Waals surface area contributed by atoms with Crippen molar-refractivity contribution in [2.24, 2.45) is 0 Å². The molecule has 0 unspecified atom stereocenters. The zero-order chi connectivity index (χ0) is 10.9. The van der Waals surface area contributed by atoms with Gasteiger partial charge in [0.25, 0.3) is 5.56 Å². The van der Waals surface area contributed by atoms with E-state index in [2.05, 4.69) is 0 Å². The number of hydrogen-bond acceptors (Lipinski definition) is 3. The summed E-state index contributed by atoms with van der Waals surface area (Å²) < 4.78 is 1.45. The van der Waals surface area contributed by atoms with Gasteiger partial charge in [0.15, 0.2) is 5.78 Å². The number of ketones is 1. The Kier molecular flexibility index (Phi) is 2.74. The van der Waals surface area contributed by atoms with Gasteiger partial charge in [0.05, 0.1) is 0 Å². The molecule has 0 aromatic carbocycles. The monoisotopic (exact) mass is 195 g/mol. The molecule has 14 heavy (non-hydrogen) atoms. The van der Waals surface area contributed by atoms with Crippen molar-refractivity contribution < 1.29 is 9.90 Å². The number of Topliss-reactive ketones (excluding diaryl/α,β-unsaturated/α-hetero) is 1. The average Bonchev–Trinajstić information content (AvgIpc) is 2.02. The van der Waals surface area contributed by atoms with Crippen LogP contribution in [0.15, 0.2) is 10.9 Å². The van der Waals surface area contributed by atoms with Crippen LogP contribution in [0, 0.1) is 6.92 Å². The SMILES string of the molecule is CCn1c(C)cc(O)c(C(C)=O)c1=O. The summed E-state index contributed by atoms with van der Waals surface area (Å²) in [6.45, 7) is 5.29. The quantitative estimate of drug-likeness (QED) is 0.718. The van der Waals surface area contributed by atoms with Gasteiger partial charge in [-0.15, -0.1) is 0 Å². The third kappa shape index (κ3) is 1.55. The Morgan fingerprint density at radius 2 is 2.14 bits per heavy atom. The molecule has 0 fully saturated rings. The topological polar surface area (TPSA) is 59.3 Å². The van der Waals surface area contributed by atoms with E-state index < -0.39 is 11.3 Å². The summed E-state index contributed by atoms with van der Waals surface area (Å²) in [7, 11) is 0. The molecule has 1 heterocycles. The Bertz CT molecular complexity index is 432. The second-order valence-corrected chi connectivity index (χ2v) is 3.15. The van der Waals surface area contributed by atoms with Gasteiger partial charge in [-0.2, -0.15) is 0 Å². The van der Waals surface area contributed by atoms with E-state index >= 15 is 0 Å². The lowest BCUT2D eigenvalue weighted by Crippen LogP contribution is -2.26. The predicted molar refractivity (Wildman–Crippen MR) is 52.8 cm³/mol. The van der Waals surface area contributed by atoms with Crippen molar-refractivity contribution in [3.8, 4) is 5.75 Å². The molecule has 1 N–H and O–H groups in total. The molecule has 0 aliphatic heterocycles. The van der Waals surface area contributed by atoms with Crippen molar-refractivity contribution in [1.29, 1.82) is 0 Å². The second kappa shape index (κ2) is 3.65. The molecular weight excluding hydrogens is 182 g/mol. The standard InChI is InChI=1S/C10H13NO3/c1-4-11-6(2)5-8(13)9(7(3)12)10(11)14/h5,13H,4H2,1-3H3. The van der Waals surface area contributed by atoms with Crippen molar-refractivity contribution in [2.75, 3.05) is 0 Å². The highest BCUT2D eigenvalue weighted by Crippen LogP contribution is 2.14. The smallest absolute Gasteiger partial charge is 0.265 e. The molecule has 0 bridgehead atoms. The van der Waals surface area contributed by atoms with Crippen molar-refractivity contribution in [2.45, 2.75) is 27.3 Å². The number of aromatic nitrogens is 1. The molecule has 4 nitrogen and oxygen atoms in total. The summed E-state index contributed by atoms with van der Waals surface area (Å²) in [5, 5.41) is 9.43. The first kappa shape index (κ1) is 10.5. The molecule has 1 rings (SSSR count). The van der Waals surface area contributed by atoms with Crippen LogP contribution in [0.2, 0.25) is 0 Å². The van der Waals surface area contributed by atoms with Crippen molar-refractivity contribution in [3.63, 3.8) is 0 Å². The van der Waals surface area contributed by atoms with Crippen LogP contribution in [0.25, 0.3) is 0 Å². The number of aromatic hydroxyl groups is 1. The summed E-state index contributed by atoms with van der Waals surface area (Å²) in [6.07, 6.45) is 0. The Balaban J connectivity index is 3.61. The number of rotatable bonds is 2. The zero-order valence-corrected chi connectivity index (χ0v) is 8.50. The molecule has 0 saturated carbocycles. The largest absolute Gasteiger partial charge is 0.507 e. The maximum absolute atomic E-state index is 11.7. The van der Waals surface area contributed by atoms with Gasteiger partial charge in [0.2, 0.25) is 0 Å². The summed E-state index contributed by atoms with van der Waals surface area (Å²) in [6, 6.07) is 1.43. The maximum Gasteiger partial charge on any atom is 0.265 e. The fraction of sp³-hybridized carbons (Fsp3) is 0.400. The van der Waals surface area contributed by atoms with Gasteiger partial charge in [-0.25, -0.2) is 0 Å². The van der Waals surface area contributed by atoms with Crippen molar-refractivity contribution in [1.82, 2.24) is 4.57 Å². The maximum atomic E-state index is 11.7. The van der Waals surface area contributed by atoms with E-state index in [-0.39, 0.29) is 11.3 Å². The summed E-state index contributed by atoms with van der Waals surface area (Å²) in [4.78, 5) is 22.8. The van der Waals surface area contributed by atoms with Gasteiger partial charge in [-0.1, -0.05) is 0 Å².